The predicted octanol–water partition coefficient (Wildman–Crippen LogP) is 5.09. The van der Waals surface area contributed by atoms with E-state index >= 15 is 0 Å². The number of benzene rings is 2. The molecule has 0 aliphatic rings. The molecular formula is C28H27F3N6O4S. The van der Waals surface area contributed by atoms with E-state index in [1.165, 1.54) is 35.3 Å². The highest BCUT2D eigenvalue weighted by molar-refractivity contribution is 7.98. The fourth-order valence-electron chi connectivity index (χ4n) is 3.72. The fraction of sp³-hybridized carbons (Fsp3) is 0.250. The number of hydrogen-bond donors (Lipinski definition) is 1. The van der Waals surface area contributed by atoms with Gasteiger partial charge in [0.2, 0.25) is 5.88 Å². The van der Waals surface area contributed by atoms with Gasteiger partial charge < -0.3 is 14.6 Å². The standard InChI is InChI=1S/C26H21F3N6O4S.C2H6/c1-38-20-8-4-16(5-9-20)14-39-22-12-30-21(11-31-22)34-24(37)23-18(13-36)10-32-35(23)33-25(34)40-15-17-2-6-19(7-3-17)26(27,28)29;1-2/h2-12,36H,13-15H2,1H3;1-2H3. The van der Waals surface area contributed by atoms with Crippen LogP contribution >= 0.6 is 11.8 Å². The highest BCUT2D eigenvalue weighted by Gasteiger charge is 2.30. The van der Waals surface area contributed by atoms with Crippen molar-refractivity contribution in [2.75, 3.05) is 7.11 Å². The molecule has 0 unspecified atom stereocenters. The first kappa shape index (κ1) is 30.5. The minimum Gasteiger partial charge on any atom is -0.497 e. The molecule has 0 radical (unpaired) electrons. The van der Waals surface area contributed by atoms with E-state index in [1.807, 2.05) is 38.1 Å². The summed E-state index contributed by atoms with van der Waals surface area (Å²) >= 11 is 1.11. The molecule has 5 aromatic rings. The maximum absolute atomic E-state index is 13.5. The third kappa shape index (κ3) is 6.89. The third-order valence-electron chi connectivity index (χ3n) is 5.81. The Morgan fingerprint density at radius 1 is 0.952 bits per heavy atom. The zero-order valence-electron chi connectivity index (χ0n) is 22.9. The zero-order chi connectivity index (χ0) is 30.3. The van der Waals surface area contributed by atoms with E-state index in [0.29, 0.717) is 5.56 Å². The van der Waals surface area contributed by atoms with Crippen molar-refractivity contribution in [3.8, 4) is 17.4 Å². The Kier molecular flexibility index (Phi) is 9.80. The summed E-state index contributed by atoms with van der Waals surface area (Å²) in [6, 6.07) is 12.0. The average Bonchev–Trinajstić information content (AvgIpc) is 3.44. The van der Waals surface area contributed by atoms with Gasteiger partial charge in [0.15, 0.2) is 16.5 Å². The number of aromatic nitrogens is 6. The molecule has 0 spiro atoms. The van der Waals surface area contributed by atoms with E-state index in [4.69, 9.17) is 9.47 Å². The van der Waals surface area contributed by atoms with Gasteiger partial charge in [-0.05, 0) is 35.4 Å². The number of methoxy groups -OCH3 is 1. The lowest BCUT2D eigenvalue weighted by Gasteiger charge is -2.12. The monoisotopic (exact) mass is 600 g/mol. The number of halogens is 3. The quantitative estimate of drug-likeness (QED) is 0.231. The second-order valence-electron chi connectivity index (χ2n) is 8.42. The van der Waals surface area contributed by atoms with Crippen molar-refractivity contribution in [2.24, 2.45) is 0 Å². The van der Waals surface area contributed by atoms with Crippen LogP contribution in [0.25, 0.3) is 11.3 Å². The average molecular weight is 601 g/mol. The molecule has 3 heterocycles. The number of rotatable bonds is 9. The second kappa shape index (κ2) is 13.5. The molecule has 2 aromatic carbocycles. The van der Waals surface area contributed by atoms with E-state index in [0.717, 1.165) is 39.8 Å². The number of fused-ring (bicyclic) bond motifs is 1. The van der Waals surface area contributed by atoms with Crippen LogP contribution < -0.4 is 15.0 Å². The van der Waals surface area contributed by atoms with Crippen LogP contribution in [0.1, 0.15) is 36.1 Å². The van der Waals surface area contributed by atoms with Crippen molar-refractivity contribution in [3.05, 3.63) is 99.7 Å². The molecule has 10 nitrogen and oxygen atoms in total. The lowest BCUT2D eigenvalue weighted by Crippen LogP contribution is -2.26. The van der Waals surface area contributed by atoms with Gasteiger partial charge in [-0.25, -0.2) is 14.5 Å². The molecule has 220 valence electrons. The number of alkyl halides is 3. The van der Waals surface area contributed by atoms with Gasteiger partial charge in [-0.1, -0.05) is 49.9 Å². The van der Waals surface area contributed by atoms with Crippen LogP contribution in [0.2, 0.25) is 0 Å². The maximum Gasteiger partial charge on any atom is 0.416 e. The SMILES string of the molecule is CC.COc1ccc(COc2cnc(-n3c(SCc4ccc(C(F)(F)F)cc4)nn4ncc(CO)c4c3=O)cn2)cc1. The Balaban J connectivity index is 0.00000198. The molecule has 14 heteroatoms. The van der Waals surface area contributed by atoms with Gasteiger partial charge in [-0.3, -0.25) is 4.79 Å². The molecule has 5 rings (SSSR count). The summed E-state index contributed by atoms with van der Waals surface area (Å²) in [5, 5.41) is 18.3. The van der Waals surface area contributed by atoms with Crippen LogP contribution in [0.5, 0.6) is 11.6 Å². The molecule has 0 saturated carbocycles. The summed E-state index contributed by atoms with van der Waals surface area (Å²) in [6.07, 6.45) is -0.393. The maximum atomic E-state index is 13.5. The van der Waals surface area contributed by atoms with Gasteiger partial charge in [0.1, 0.15) is 12.4 Å². The topological polar surface area (TPSA) is 117 Å². The smallest absolute Gasteiger partial charge is 0.416 e. The summed E-state index contributed by atoms with van der Waals surface area (Å²) in [4.78, 5) is 22.1. The Hall–Kier alpha value is -4.43. The van der Waals surface area contributed by atoms with E-state index in [2.05, 4.69) is 20.2 Å². The first-order valence-corrected chi connectivity index (χ1v) is 13.7. The summed E-state index contributed by atoms with van der Waals surface area (Å²) in [6.45, 7) is 3.80. The van der Waals surface area contributed by atoms with Crippen LogP contribution in [0.4, 0.5) is 13.2 Å². The van der Waals surface area contributed by atoms with Crippen LogP contribution in [0.15, 0.2) is 77.1 Å². The Bertz CT molecular complexity index is 1670. The summed E-state index contributed by atoms with van der Waals surface area (Å²) in [7, 11) is 1.58. The molecular weight excluding hydrogens is 573 g/mol. The minimum atomic E-state index is -4.44. The minimum absolute atomic E-state index is 0.0583. The highest BCUT2D eigenvalue weighted by atomic mass is 32.2. The van der Waals surface area contributed by atoms with Crippen molar-refractivity contribution in [3.63, 3.8) is 0 Å². The first-order chi connectivity index (χ1) is 20.3. The lowest BCUT2D eigenvalue weighted by molar-refractivity contribution is -0.137. The fourth-order valence-corrected chi connectivity index (χ4v) is 4.65. The largest absolute Gasteiger partial charge is 0.497 e. The zero-order valence-corrected chi connectivity index (χ0v) is 23.7. The van der Waals surface area contributed by atoms with Crippen LogP contribution in [0.3, 0.4) is 0 Å². The molecule has 0 atom stereocenters. The molecule has 0 fully saturated rings. The lowest BCUT2D eigenvalue weighted by atomic mass is 10.1. The molecule has 1 N–H and O–H groups in total. The van der Waals surface area contributed by atoms with Gasteiger partial charge in [0, 0.05) is 11.3 Å². The van der Waals surface area contributed by atoms with Gasteiger partial charge in [-0.2, -0.15) is 18.3 Å². The van der Waals surface area contributed by atoms with Gasteiger partial charge >= 0.3 is 6.18 Å². The molecule has 0 saturated heterocycles. The number of ether oxygens (including phenoxy) is 2. The van der Waals surface area contributed by atoms with Gasteiger partial charge in [-0.15, -0.1) is 9.73 Å². The van der Waals surface area contributed by atoms with Crippen molar-refractivity contribution in [2.45, 2.75) is 44.1 Å². The van der Waals surface area contributed by atoms with Crippen molar-refractivity contribution < 1.29 is 27.8 Å². The second-order valence-corrected chi connectivity index (χ2v) is 9.36. The van der Waals surface area contributed by atoms with E-state index in [9.17, 15) is 23.1 Å². The number of hydrogen-bond acceptors (Lipinski definition) is 9. The predicted molar refractivity (Wildman–Crippen MR) is 150 cm³/mol. The summed E-state index contributed by atoms with van der Waals surface area (Å²) in [5.74, 6) is 1.29. The van der Waals surface area contributed by atoms with E-state index in [1.54, 1.807) is 7.11 Å². The van der Waals surface area contributed by atoms with Gasteiger partial charge in [0.25, 0.3) is 5.56 Å². The Labute approximate surface area is 242 Å². The number of nitrogens with zero attached hydrogens (tertiary/aromatic N) is 6. The van der Waals surface area contributed by atoms with Crippen LogP contribution in [-0.4, -0.2) is 41.6 Å². The molecule has 0 aliphatic carbocycles. The van der Waals surface area contributed by atoms with Crippen LogP contribution in [-0.2, 0) is 25.1 Å². The third-order valence-corrected chi connectivity index (χ3v) is 6.81. The Morgan fingerprint density at radius 3 is 2.24 bits per heavy atom. The normalized spacial score (nSPS) is 11.2. The number of aliphatic hydroxyl groups excluding tert-OH is 1. The molecule has 3 aromatic heterocycles. The molecule has 0 aliphatic heterocycles. The highest BCUT2D eigenvalue weighted by Crippen LogP contribution is 2.30. The van der Waals surface area contributed by atoms with Crippen molar-refractivity contribution >= 4 is 17.3 Å². The summed E-state index contributed by atoms with van der Waals surface area (Å²) < 4.78 is 51.9. The van der Waals surface area contributed by atoms with E-state index < -0.39 is 23.9 Å². The summed E-state index contributed by atoms with van der Waals surface area (Å²) in [5.41, 5.74) is 0.504. The van der Waals surface area contributed by atoms with Gasteiger partial charge in [0.05, 0.1) is 37.9 Å². The number of thioether (sulfide) groups is 1. The molecule has 0 amide bonds. The first-order valence-electron chi connectivity index (χ1n) is 12.7. The van der Waals surface area contributed by atoms with Crippen molar-refractivity contribution in [1.29, 1.82) is 0 Å². The van der Waals surface area contributed by atoms with Crippen LogP contribution in [0, 0.1) is 0 Å². The molecule has 0 bridgehead atoms. The Morgan fingerprint density at radius 2 is 1.64 bits per heavy atom. The molecule has 42 heavy (non-hydrogen) atoms. The van der Waals surface area contributed by atoms with E-state index in [-0.39, 0.29) is 40.3 Å². The number of aliphatic hydroxyl groups is 1. The van der Waals surface area contributed by atoms with Crippen molar-refractivity contribution in [1.82, 2.24) is 29.4 Å².